The van der Waals surface area contributed by atoms with Gasteiger partial charge in [0.25, 0.3) is 0 Å². The molecule has 1 amide bonds. The van der Waals surface area contributed by atoms with Crippen molar-refractivity contribution < 1.29 is 22.7 Å². The Morgan fingerprint density at radius 1 is 1.32 bits per heavy atom. The fourth-order valence-corrected chi connectivity index (χ4v) is 5.91. The molecule has 1 aliphatic heterocycles. The molecular weight excluding hydrogens is 571 g/mol. The van der Waals surface area contributed by atoms with Crippen LogP contribution in [0, 0.1) is 10.5 Å². The summed E-state index contributed by atoms with van der Waals surface area (Å²) in [6.45, 7) is 6.24. The molecule has 1 aliphatic carbocycles. The first-order chi connectivity index (χ1) is 16.0. The standard InChI is InChI=1S/C23H29IN4O5S/c1-14-10-16(12-28(14)22(29)33-23(3)8-9-23)32-21-15(2)20(25-13-26-21)27-19-7-6-17(34(5,30)31)11-18(19)24-4/h6-7,11,13-14,16H,4,8-10,12H2,1-3,5H3,(H,25,26,27)/t14?,16-/m1/s1. The maximum Gasteiger partial charge on any atom is 0.410 e. The second kappa shape index (κ2) is 9.40. The first-order valence-corrected chi connectivity index (χ1v) is 15.5. The largest absolute Gasteiger partial charge is 0.472 e. The molecule has 1 unspecified atom stereocenters. The second-order valence-electron chi connectivity index (χ2n) is 9.12. The van der Waals surface area contributed by atoms with Crippen LogP contribution in [0.4, 0.5) is 16.3 Å². The highest BCUT2D eigenvalue weighted by Crippen LogP contribution is 2.40. The molecule has 1 N–H and O–H groups in total. The number of likely N-dealkylation sites (tertiary alicyclic amines) is 1. The van der Waals surface area contributed by atoms with Gasteiger partial charge in [0, 0.05) is 22.3 Å². The van der Waals surface area contributed by atoms with Gasteiger partial charge in [0.1, 0.15) is 23.9 Å². The van der Waals surface area contributed by atoms with Gasteiger partial charge in [-0.25, -0.2) is 23.2 Å². The topological polar surface area (TPSA) is 111 Å². The Bertz CT molecular complexity index is 1230. The zero-order valence-corrected chi connectivity index (χ0v) is 22.6. The molecule has 4 rings (SSSR count). The van der Waals surface area contributed by atoms with E-state index in [0.717, 1.165) is 27.7 Å². The summed E-state index contributed by atoms with van der Waals surface area (Å²) in [4.78, 5) is 23.2. The van der Waals surface area contributed by atoms with E-state index < -0.39 is 30.6 Å². The number of carbonyl (C=O) groups excluding carboxylic acids is 1. The number of aromatic nitrogens is 2. The molecule has 2 aromatic rings. The number of amides is 1. The van der Waals surface area contributed by atoms with Gasteiger partial charge in [0.2, 0.25) is 5.88 Å². The van der Waals surface area contributed by atoms with Crippen molar-refractivity contribution in [2.75, 3.05) is 18.1 Å². The number of hydrogen-bond acceptors (Lipinski definition) is 8. The van der Waals surface area contributed by atoms with Crippen molar-refractivity contribution in [3.8, 4) is 5.88 Å². The third kappa shape index (κ3) is 5.51. The minimum absolute atomic E-state index is 0.0106. The molecule has 1 saturated heterocycles. The lowest BCUT2D eigenvalue weighted by molar-refractivity contribution is 0.0547. The van der Waals surface area contributed by atoms with E-state index >= 15 is 0 Å². The van der Waals surface area contributed by atoms with E-state index in [0.29, 0.717) is 24.7 Å². The second-order valence-corrected chi connectivity index (χ2v) is 13.1. The average molecular weight is 600 g/mol. The highest BCUT2D eigenvalue weighted by molar-refractivity contribution is 14.2. The number of halogens is 1. The molecule has 11 heteroatoms. The molecule has 2 atom stereocenters. The van der Waals surface area contributed by atoms with Crippen LogP contribution in [0.25, 0.3) is 0 Å². The molecule has 1 aromatic carbocycles. The van der Waals surface area contributed by atoms with Crippen LogP contribution in [0.3, 0.4) is 0 Å². The number of nitrogens with zero attached hydrogens (tertiary/aromatic N) is 3. The van der Waals surface area contributed by atoms with Crippen LogP contribution in [0.2, 0.25) is 0 Å². The maximum absolute atomic E-state index is 12.6. The van der Waals surface area contributed by atoms with Crippen molar-refractivity contribution in [1.29, 1.82) is 0 Å². The fourth-order valence-electron chi connectivity index (χ4n) is 3.77. The van der Waals surface area contributed by atoms with Crippen LogP contribution in [0.15, 0.2) is 29.4 Å². The molecule has 2 fully saturated rings. The Hall–Kier alpha value is -2.28. The predicted octanol–water partition coefficient (Wildman–Crippen LogP) is 4.04. The van der Waals surface area contributed by atoms with Crippen molar-refractivity contribution in [2.24, 2.45) is 0 Å². The molecule has 0 radical (unpaired) electrons. The average Bonchev–Trinajstić information content (AvgIpc) is 3.37. The summed E-state index contributed by atoms with van der Waals surface area (Å²) in [5.41, 5.74) is 1.18. The van der Waals surface area contributed by atoms with Crippen LogP contribution in [-0.2, 0) is 14.6 Å². The van der Waals surface area contributed by atoms with Gasteiger partial charge in [0.05, 0.1) is 22.7 Å². The smallest absolute Gasteiger partial charge is 0.410 e. The molecule has 2 heterocycles. The Morgan fingerprint density at radius 3 is 2.71 bits per heavy atom. The van der Waals surface area contributed by atoms with Crippen LogP contribution in [0.5, 0.6) is 5.88 Å². The zero-order valence-electron chi connectivity index (χ0n) is 19.7. The zero-order chi connectivity index (χ0) is 24.7. The Morgan fingerprint density at radius 2 is 2.06 bits per heavy atom. The third-order valence-electron chi connectivity index (χ3n) is 6.14. The van der Waals surface area contributed by atoms with Gasteiger partial charge in [-0.3, -0.25) is 0 Å². The lowest BCUT2D eigenvalue weighted by atomic mass is 10.2. The lowest BCUT2D eigenvalue weighted by Gasteiger charge is -2.23. The van der Waals surface area contributed by atoms with Gasteiger partial charge in [-0.15, -0.1) is 0 Å². The van der Waals surface area contributed by atoms with E-state index in [2.05, 4.69) is 19.8 Å². The van der Waals surface area contributed by atoms with Gasteiger partial charge in [-0.05, 0) is 51.8 Å². The van der Waals surface area contributed by atoms with Gasteiger partial charge < -0.3 is 19.7 Å². The summed E-state index contributed by atoms with van der Waals surface area (Å²) in [6.07, 6.45) is 4.62. The van der Waals surface area contributed by atoms with Crippen molar-refractivity contribution in [3.63, 3.8) is 0 Å². The van der Waals surface area contributed by atoms with Crippen molar-refractivity contribution in [2.45, 2.75) is 62.7 Å². The van der Waals surface area contributed by atoms with E-state index in [4.69, 9.17) is 9.47 Å². The molecule has 184 valence electrons. The summed E-state index contributed by atoms with van der Waals surface area (Å²) < 4.78 is 40.5. The summed E-state index contributed by atoms with van der Waals surface area (Å²) in [5.74, 6) is 1.01. The summed E-state index contributed by atoms with van der Waals surface area (Å²) in [5, 5.41) is 3.28. The molecular formula is C23H29IN4O5S. The molecule has 1 saturated carbocycles. The number of anilines is 2. The fraction of sp³-hybridized carbons (Fsp3) is 0.478. The Balaban J connectivity index is 1.47. The quantitative estimate of drug-likeness (QED) is 0.475. The SMILES string of the molecule is C=Ic1cc(S(C)(=O)=O)ccc1Nc1ncnc(O[C@@H]2CC(C)N(C(=O)OC3(C)CC3)C2)c1C. The van der Waals surface area contributed by atoms with E-state index in [1.165, 1.54) is 12.6 Å². The Kier molecular flexibility index (Phi) is 6.87. The molecule has 0 spiro atoms. The predicted molar refractivity (Wildman–Crippen MR) is 139 cm³/mol. The van der Waals surface area contributed by atoms with Crippen molar-refractivity contribution in [3.05, 3.63) is 33.7 Å². The summed E-state index contributed by atoms with van der Waals surface area (Å²) in [7, 11) is -3.30. The van der Waals surface area contributed by atoms with E-state index in [9.17, 15) is 13.2 Å². The first-order valence-electron chi connectivity index (χ1n) is 11.0. The highest BCUT2D eigenvalue weighted by atomic mass is 127. The first kappa shape index (κ1) is 24.8. The van der Waals surface area contributed by atoms with Crippen LogP contribution in [0.1, 0.15) is 38.7 Å². The molecule has 34 heavy (non-hydrogen) atoms. The van der Waals surface area contributed by atoms with Gasteiger partial charge in [-0.2, -0.15) is 0 Å². The molecule has 9 nitrogen and oxygen atoms in total. The minimum atomic E-state index is -3.30. The van der Waals surface area contributed by atoms with Crippen LogP contribution in [-0.4, -0.2) is 64.4 Å². The van der Waals surface area contributed by atoms with Crippen LogP contribution < -0.4 is 10.1 Å². The molecule has 2 aliphatic rings. The van der Waals surface area contributed by atoms with Crippen molar-refractivity contribution in [1.82, 2.24) is 14.9 Å². The van der Waals surface area contributed by atoms with Gasteiger partial charge in [0.15, 0.2) is 9.84 Å². The number of sulfone groups is 1. The van der Waals surface area contributed by atoms with Gasteiger partial charge >= 0.3 is 6.09 Å². The Labute approximate surface area is 209 Å². The van der Waals surface area contributed by atoms with E-state index in [1.54, 1.807) is 23.1 Å². The summed E-state index contributed by atoms with van der Waals surface area (Å²) in [6, 6.07) is 4.99. The number of benzene rings is 1. The van der Waals surface area contributed by atoms with Gasteiger partial charge in [-0.1, -0.05) is 25.2 Å². The number of hydrogen-bond donors (Lipinski definition) is 1. The lowest BCUT2D eigenvalue weighted by Crippen LogP contribution is -2.37. The van der Waals surface area contributed by atoms with Crippen LogP contribution >= 0.6 is 20.7 Å². The number of carbonyl (C=O) groups is 1. The normalized spacial score (nSPS) is 21.2. The maximum atomic E-state index is 12.6. The number of ether oxygens (including phenoxy) is 2. The molecule has 1 aromatic heterocycles. The number of rotatable bonds is 7. The minimum Gasteiger partial charge on any atom is -0.472 e. The third-order valence-corrected chi connectivity index (χ3v) is 8.97. The summed E-state index contributed by atoms with van der Waals surface area (Å²) >= 11 is -0.629. The molecule has 0 bridgehead atoms. The number of nitrogens with one attached hydrogen (secondary N) is 1. The monoisotopic (exact) mass is 600 g/mol. The van der Waals surface area contributed by atoms with Crippen molar-refractivity contribution >= 4 is 52.7 Å². The van der Waals surface area contributed by atoms with E-state index in [1.807, 2.05) is 20.8 Å². The van der Waals surface area contributed by atoms with E-state index in [-0.39, 0.29) is 28.7 Å². The highest BCUT2D eigenvalue weighted by Gasteiger charge is 2.45.